The molecule has 0 saturated heterocycles. The van der Waals surface area contributed by atoms with Crippen molar-refractivity contribution >= 4 is 5.95 Å². The number of aromatic nitrogens is 2. The van der Waals surface area contributed by atoms with E-state index in [1.807, 2.05) is 38.1 Å². The van der Waals surface area contributed by atoms with E-state index in [9.17, 15) is 0 Å². The summed E-state index contributed by atoms with van der Waals surface area (Å²) < 4.78 is 5.39. The van der Waals surface area contributed by atoms with Crippen LogP contribution in [0, 0.1) is 6.92 Å². The van der Waals surface area contributed by atoms with Crippen molar-refractivity contribution in [3.63, 3.8) is 0 Å². The Labute approximate surface area is 100 Å². The summed E-state index contributed by atoms with van der Waals surface area (Å²) in [4.78, 5) is 8.15. The molecule has 0 fully saturated rings. The van der Waals surface area contributed by atoms with E-state index in [0.29, 0.717) is 12.6 Å². The molecular formula is C13H15N3O. The van der Waals surface area contributed by atoms with Crippen LogP contribution >= 0.6 is 0 Å². The van der Waals surface area contributed by atoms with Crippen LogP contribution in [0.1, 0.15) is 12.6 Å². The molecule has 0 aliphatic heterocycles. The van der Waals surface area contributed by atoms with Gasteiger partial charge in [0.25, 0.3) is 0 Å². The van der Waals surface area contributed by atoms with Gasteiger partial charge in [0.1, 0.15) is 5.75 Å². The molecule has 2 N–H and O–H groups in total. The Bertz CT molecular complexity index is 509. The first-order valence-corrected chi connectivity index (χ1v) is 5.53. The maximum atomic E-state index is 5.53. The molecule has 0 bridgehead atoms. The second-order valence-corrected chi connectivity index (χ2v) is 3.68. The summed E-state index contributed by atoms with van der Waals surface area (Å²) in [6.07, 6.45) is 1.74. The minimum atomic E-state index is 0.303. The van der Waals surface area contributed by atoms with Crippen LogP contribution < -0.4 is 10.5 Å². The number of rotatable bonds is 3. The third-order valence-corrected chi connectivity index (χ3v) is 2.47. The van der Waals surface area contributed by atoms with Gasteiger partial charge in [0.05, 0.1) is 12.3 Å². The summed E-state index contributed by atoms with van der Waals surface area (Å²) in [6, 6.07) is 7.86. The standard InChI is InChI=1S/C13H15N3O/c1-3-17-11-6-4-10(5-7-11)12-8-15-13(14)16-9(12)2/h4-8H,3H2,1-2H3,(H2,14,15,16). The Morgan fingerprint density at radius 1 is 1.24 bits per heavy atom. The first-order chi connectivity index (χ1) is 8.20. The van der Waals surface area contributed by atoms with Crippen molar-refractivity contribution in [1.82, 2.24) is 9.97 Å². The molecule has 2 aromatic rings. The maximum absolute atomic E-state index is 5.53. The summed E-state index contributed by atoms with van der Waals surface area (Å²) in [5.41, 5.74) is 8.45. The van der Waals surface area contributed by atoms with Gasteiger partial charge in [0.15, 0.2) is 0 Å². The molecule has 4 nitrogen and oxygen atoms in total. The second-order valence-electron chi connectivity index (χ2n) is 3.68. The number of nitrogens with zero attached hydrogens (tertiary/aromatic N) is 2. The van der Waals surface area contributed by atoms with Gasteiger partial charge in [-0.1, -0.05) is 12.1 Å². The zero-order valence-corrected chi connectivity index (χ0v) is 9.97. The number of hydrogen-bond donors (Lipinski definition) is 1. The van der Waals surface area contributed by atoms with E-state index in [4.69, 9.17) is 10.5 Å². The molecule has 4 heteroatoms. The Hall–Kier alpha value is -2.10. The average molecular weight is 229 g/mol. The van der Waals surface area contributed by atoms with E-state index >= 15 is 0 Å². The molecule has 88 valence electrons. The van der Waals surface area contributed by atoms with Gasteiger partial charge in [0, 0.05) is 11.8 Å². The molecule has 17 heavy (non-hydrogen) atoms. The molecule has 2 rings (SSSR count). The van der Waals surface area contributed by atoms with Crippen molar-refractivity contribution in [2.45, 2.75) is 13.8 Å². The summed E-state index contributed by atoms with van der Waals surface area (Å²) in [5, 5.41) is 0. The molecule has 0 spiro atoms. The van der Waals surface area contributed by atoms with Crippen LogP contribution in [0.5, 0.6) is 5.75 Å². The van der Waals surface area contributed by atoms with Gasteiger partial charge in [-0.2, -0.15) is 0 Å². The van der Waals surface area contributed by atoms with Crippen molar-refractivity contribution in [2.75, 3.05) is 12.3 Å². The van der Waals surface area contributed by atoms with Crippen molar-refractivity contribution in [1.29, 1.82) is 0 Å². The smallest absolute Gasteiger partial charge is 0.220 e. The fraction of sp³-hybridized carbons (Fsp3) is 0.231. The molecule has 0 amide bonds. The maximum Gasteiger partial charge on any atom is 0.220 e. The lowest BCUT2D eigenvalue weighted by Crippen LogP contribution is -1.98. The largest absolute Gasteiger partial charge is 0.494 e. The first kappa shape index (κ1) is 11.4. The predicted molar refractivity (Wildman–Crippen MR) is 67.8 cm³/mol. The molecular weight excluding hydrogens is 214 g/mol. The van der Waals surface area contributed by atoms with Crippen LogP contribution in [0.25, 0.3) is 11.1 Å². The van der Waals surface area contributed by atoms with Gasteiger partial charge in [-0.3, -0.25) is 0 Å². The number of nitrogens with two attached hydrogens (primary N) is 1. The molecule has 0 aliphatic carbocycles. The fourth-order valence-electron chi connectivity index (χ4n) is 1.67. The monoisotopic (exact) mass is 229 g/mol. The topological polar surface area (TPSA) is 61.0 Å². The Balaban J connectivity index is 2.33. The molecule has 0 saturated carbocycles. The van der Waals surface area contributed by atoms with E-state index < -0.39 is 0 Å². The van der Waals surface area contributed by atoms with E-state index in [2.05, 4.69) is 9.97 Å². The molecule has 0 radical (unpaired) electrons. The number of aryl methyl sites for hydroxylation is 1. The van der Waals surface area contributed by atoms with Gasteiger partial charge in [-0.15, -0.1) is 0 Å². The Kier molecular flexibility index (Phi) is 3.23. The van der Waals surface area contributed by atoms with Crippen LogP contribution in [-0.4, -0.2) is 16.6 Å². The third kappa shape index (κ3) is 2.53. The molecule has 1 aromatic heterocycles. The number of anilines is 1. The first-order valence-electron chi connectivity index (χ1n) is 5.53. The highest BCUT2D eigenvalue weighted by molar-refractivity contribution is 5.65. The normalized spacial score (nSPS) is 10.2. The van der Waals surface area contributed by atoms with Crippen molar-refractivity contribution in [3.05, 3.63) is 36.2 Å². The van der Waals surface area contributed by atoms with Crippen LogP contribution in [0.15, 0.2) is 30.5 Å². The zero-order valence-electron chi connectivity index (χ0n) is 9.97. The highest BCUT2D eigenvalue weighted by Gasteiger charge is 2.04. The quantitative estimate of drug-likeness (QED) is 0.878. The number of ether oxygens (including phenoxy) is 1. The van der Waals surface area contributed by atoms with Crippen molar-refractivity contribution in [3.8, 4) is 16.9 Å². The Morgan fingerprint density at radius 2 is 1.94 bits per heavy atom. The van der Waals surface area contributed by atoms with Gasteiger partial charge < -0.3 is 10.5 Å². The van der Waals surface area contributed by atoms with Crippen LogP contribution in [-0.2, 0) is 0 Å². The highest BCUT2D eigenvalue weighted by atomic mass is 16.5. The third-order valence-electron chi connectivity index (χ3n) is 2.47. The summed E-state index contributed by atoms with van der Waals surface area (Å²) in [5.74, 6) is 1.17. The summed E-state index contributed by atoms with van der Waals surface area (Å²) >= 11 is 0. The number of nitrogen functional groups attached to an aromatic ring is 1. The van der Waals surface area contributed by atoms with Crippen molar-refractivity contribution < 1.29 is 4.74 Å². The molecule has 1 aromatic carbocycles. The predicted octanol–water partition coefficient (Wildman–Crippen LogP) is 2.43. The molecule has 1 heterocycles. The lowest BCUT2D eigenvalue weighted by molar-refractivity contribution is 0.340. The molecule has 0 unspecified atom stereocenters. The summed E-state index contributed by atoms with van der Waals surface area (Å²) in [7, 11) is 0. The number of hydrogen-bond acceptors (Lipinski definition) is 4. The van der Waals surface area contributed by atoms with Gasteiger partial charge >= 0.3 is 0 Å². The van der Waals surface area contributed by atoms with E-state index in [1.54, 1.807) is 6.20 Å². The van der Waals surface area contributed by atoms with Gasteiger partial charge in [-0.25, -0.2) is 9.97 Å². The second kappa shape index (κ2) is 4.82. The Morgan fingerprint density at radius 3 is 2.53 bits per heavy atom. The average Bonchev–Trinajstić information content (AvgIpc) is 2.31. The lowest BCUT2D eigenvalue weighted by Gasteiger charge is -2.07. The van der Waals surface area contributed by atoms with Gasteiger partial charge in [0.2, 0.25) is 5.95 Å². The lowest BCUT2D eigenvalue weighted by atomic mass is 10.1. The van der Waals surface area contributed by atoms with Crippen LogP contribution in [0.4, 0.5) is 5.95 Å². The fourth-order valence-corrected chi connectivity index (χ4v) is 1.67. The number of benzene rings is 1. The van der Waals surface area contributed by atoms with E-state index in [-0.39, 0.29) is 0 Å². The van der Waals surface area contributed by atoms with E-state index in [1.165, 1.54) is 0 Å². The van der Waals surface area contributed by atoms with Crippen LogP contribution in [0.3, 0.4) is 0 Å². The van der Waals surface area contributed by atoms with Gasteiger partial charge in [-0.05, 0) is 31.5 Å². The van der Waals surface area contributed by atoms with E-state index in [0.717, 1.165) is 22.6 Å². The summed E-state index contributed by atoms with van der Waals surface area (Å²) in [6.45, 7) is 4.55. The SMILES string of the molecule is CCOc1ccc(-c2cnc(N)nc2C)cc1. The van der Waals surface area contributed by atoms with Crippen LogP contribution in [0.2, 0.25) is 0 Å². The minimum absolute atomic E-state index is 0.303. The minimum Gasteiger partial charge on any atom is -0.494 e. The highest BCUT2D eigenvalue weighted by Crippen LogP contribution is 2.24. The zero-order chi connectivity index (χ0) is 12.3. The molecule has 0 aliphatic rings. The van der Waals surface area contributed by atoms with Crippen molar-refractivity contribution in [2.24, 2.45) is 0 Å². The molecule has 0 atom stereocenters.